The Bertz CT molecular complexity index is 2040. The second-order valence-corrected chi connectivity index (χ2v) is 9.16. The monoisotopic (exact) mass is 485 g/mol. The van der Waals surface area contributed by atoms with Crippen molar-refractivity contribution < 1.29 is 0 Å². The van der Waals surface area contributed by atoms with E-state index in [1.165, 1.54) is 5.39 Å². The van der Waals surface area contributed by atoms with E-state index in [1.807, 2.05) is 42.5 Å². The number of nitriles is 2. The number of hydrogen-bond acceptors (Lipinski definition) is 3. The Morgan fingerprint density at radius 3 is 2.18 bits per heavy atom. The van der Waals surface area contributed by atoms with Crippen molar-refractivity contribution >= 4 is 32.8 Å². The molecule has 176 valence electrons. The first-order valence-electron chi connectivity index (χ1n) is 12.3. The van der Waals surface area contributed by atoms with E-state index in [1.54, 1.807) is 6.20 Å². The Kier molecular flexibility index (Phi) is 4.83. The van der Waals surface area contributed by atoms with Crippen LogP contribution in [0.5, 0.6) is 0 Å². The molecule has 0 aliphatic heterocycles. The second kappa shape index (κ2) is 8.48. The van der Waals surface area contributed by atoms with Crippen LogP contribution in [-0.4, -0.2) is 14.1 Å². The Balaban J connectivity index is 1.48. The summed E-state index contributed by atoms with van der Waals surface area (Å²) in [6.07, 6.45) is 3.85. The number of pyridine rings is 1. The van der Waals surface area contributed by atoms with Crippen LogP contribution in [0, 0.1) is 22.7 Å². The van der Waals surface area contributed by atoms with Gasteiger partial charge in [0.05, 0.1) is 27.8 Å². The topological polar surface area (TPSA) is 70.3 Å². The van der Waals surface area contributed by atoms with Crippen molar-refractivity contribution in [3.05, 3.63) is 127 Å². The average molecular weight is 486 g/mol. The van der Waals surface area contributed by atoms with Gasteiger partial charge >= 0.3 is 0 Å². The highest BCUT2D eigenvalue weighted by Gasteiger charge is 2.19. The van der Waals surface area contributed by atoms with E-state index in [0.717, 1.165) is 50.0 Å². The summed E-state index contributed by atoms with van der Waals surface area (Å²) in [5.74, 6) is 0. The number of hydrogen-bond donors (Lipinski definition) is 0. The number of fused-ring (bicyclic) bond motifs is 4. The van der Waals surface area contributed by atoms with Crippen molar-refractivity contribution in [3.63, 3.8) is 0 Å². The summed E-state index contributed by atoms with van der Waals surface area (Å²) in [7, 11) is 0. The zero-order valence-corrected chi connectivity index (χ0v) is 20.2. The number of aromatic nitrogens is 3. The summed E-state index contributed by atoms with van der Waals surface area (Å²) in [5, 5.41) is 23.0. The molecule has 0 amide bonds. The van der Waals surface area contributed by atoms with E-state index in [-0.39, 0.29) is 0 Å². The van der Waals surface area contributed by atoms with Crippen molar-refractivity contribution in [2.45, 2.75) is 0 Å². The van der Waals surface area contributed by atoms with Gasteiger partial charge in [-0.05, 0) is 65.5 Å². The molecule has 38 heavy (non-hydrogen) atoms. The van der Waals surface area contributed by atoms with Gasteiger partial charge in [-0.15, -0.1) is 0 Å². The van der Waals surface area contributed by atoms with Gasteiger partial charge in [0.1, 0.15) is 17.8 Å². The van der Waals surface area contributed by atoms with Crippen LogP contribution in [0.25, 0.3) is 55.3 Å². The largest absolute Gasteiger partial charge is 0.317 e. The second-order valence-electron chi connectivity index (χ2n) is 9.16. The SMILES string of the molecule is N#Cc1cc(-c2ccc(-n3ccc4ccccc43)cc2)c(-n2c3ccccc3c3cccnc32)cc1C#N. The van der Waals surface area contributed by atoms with Gasteiger partial charge in [0.15, 0.2) is 0 Å². The van der Waals surface area contributed by atoms with Gasteiger partial charge in [0.2, 0.25) is 0 Å². The van der Waals surface area contributed by atoms with Crippen LogP contribution < -0.4 is 0 Å². The maximum absolute atomic E-state index is 9.86. The van der Waals surface area contributed by atoms with E-state index in [2.05, 4.69) is 88.1 Å². The molecule has 7 rings (SSSR count). The van der Waals surface area contributed by atoms with Gasteiger partial charge in [-0.2, -0.15) is 10.5 Å². The molecule has 3 aromatic heterocycles. The fourth-order valence-corrected chi connectivity index (χ4v) is 5.34. The maximum Gasteiger partial charge on any atom is 0.145 e. The number of para-hydroxylation sites is 2. The summed E-state index contributed by atoms with van der Waals surface area (Å²) < 4.78 is 4.26. The molecule has 0 aliphatic carbocycles. The Morgan fingerprint density at radius 1 is 0.658 bits per heavy atom. The first-order chi connectivity index (χ1) is 18.8. The molecular weight excluding hydrogens is 466 g/mol. The van der Waals surface area contributed by atoms with Crippen molar-refractivity contribution in [3.8, 4) is 34.6 Å². The molecule has 0 spiro atoms. The molecule has 0 saturated carbocycles. The molecule has 0 atom stereocenters. The Labute approximate surface area is 218 Å². The third-order valence-electron chi connectivity index (χ3n) is 7.11. The summed E-state index contributed by atoms with van der Waals surface area (Å²) in [5.41, 5.74) is 7.28. The molecule has 7 aromatic rings. The maximum atomic E-state index is 9.86. The standard InChI is InChI=1S/C33H19N5/c34-20-24-18-29(22-11-13-26(14-12-22)37-17-15-23-6-1-3-9-30(23)37)32(19-25(24)21-35)38-31-10-4-2-7-27(31)28-8-5-16-36-33(28)38/h1-19H. The van der Waals surface area contributed by atoms with Crippen LogP contribution in [0.4, 0.5) is 0 Å². The molecule has 5 heteroatoms. The summed E-state index contributed by atoms with van der Waals surface area (Å²) >= 11 is 0. The molecule has 0 saturated heterocycles. The van der Waals surface area contributed by atoms with Gasteiger partial charge in [0, 0.05) is 34.4 Å². The predicted molar refractivity (Wildman–Crippen MR) is 150 cm³/mol. The van der Waals surface area contributed by atoms with Crippen molar-refractivity contribution in [2.24, 2.45) is 0 Å². The van der Waals surface area contributed by atoms with Crippen LogP contribution >= 0.6 is 0 Å². The van der Waals surface area contributed by atoms with E-state index in [4.69, 9.17) is 4.98 Å². The van der Waals surface area contributed by atoms with Crippen molar-refractivity contribution in [1.82, 2.24) is 14.1 Å². The molecule has 0 N–H and O–H groups in total. The van der Waals surface area contributed by atoms with Crippen LogP contribution in [0.1, 0.15) is 11.1 Å². The first-order valence-corrected chi connectivity index (χ1v) is 12.3. The van der Waals surface area contributed by atoms with Crippen molar-refractivity contribution in [1.29, 1.82) is 10.5 Å². The van der Waals surface area contributed by atoms with E-state index in [9.17, 15) is 10.5 Å². The molecule has 5 nitrogen and oxygen atoms in total. The van der Waals surface area contributed by atoms with Crippen LogP contribution in [-0.2, 0) is 0 Å². The molecule has 0 radical (unpaired) electrons. The van der Waals surface area contributed by atoms with Gasteiger partial charge in [-0.1, -0.05) is 48.5 Å². The number of benzene rings is 4. The highest BCUT2D eigenvalue weighted by Crippen LogP contribution is 2.37. The lowest BCUT2D eigenvalue weighted by molar-refractivity contribution is 1.12. The fraction of sp³-hybridized carbons (Fsp3) is 0. The molecule has 3 heterocycles. The minimum atomic E-state index is 0.337. The van der Waals surface area contributed by atoms with Crippen LogP contribution in [0.3, 0.4) is 0 Å². The quantitative estimate of drug-likeness (QED) is 0.260. The van der Waals surface area contributed by atoms with Gasteiger partial charge < -0.3 is 4.57 Å². The third kappa shape index (κ3) is 3.20. The van der Waals surface area contributed by atoms with Crippen LogP contribution in [0.15, 0.2) is 116 Å². The molecule has 4 aromatic carbocycles. The Morgan fingerprint density at radius 2 is 1.37 bits per heavy atom. The van der Waals surface area contributed by atoms with Crippen LogP contribution in [0.2, 0.25) is 0 Å². The highest BCUT2D eigenvalue weighted by molar-refractivity contribution is 6.08. The fourth-order valence-electron chi connectivity index (χ4n) is 5.34. The van der Waals surface area contributed by atoms with E-state index < -0.39 is 0 Å². The lowest BCUT2D eigenvalue weighted by Crippen LogP contribution is -2.01. The number of nitrogens with zero attached hydrogens (tertiary/aromatic N) is 5. The Hall–Kier alpha value is -5.65. The summed E-state index contributed by atoms with van der Waals surface area (Å²) in [4.78, 5) is 4.72. The lowest BCUT2D eigenvalue weighted by atomic mass is 9.97. The van der Waals surface area contributed by atoms with Gasteiger partial charge in [-0.25, -0.2) is 4.98 Å². The summed E-state index contributed by atoms with van der Waals surface area (Å²) in [6.45, 7) is 0. The minimum Gasteiger partial charge on any atom is -0.317 e. The van der Waals surface area contributed by atoms with Gasteiger partial charge in [0.25, 0.3) is 0 Å². The van der Waals surface area contributed by atoms with Crippen molar-refractivity contribution in [2.75, 3.05) is 0 Å². The number of rotatable bonds is 3. The molecular formula is C33H19N5. The third-order valence-corrected chi connectivity index (χ3v) is 7.11. The van der Waals surface area contributed by atoms with Gasteiger partial charge in [-0.3, -0.25) is 4.57 Å². The molecule has 0 unspecified atom stereocenters. The lowest BCUT2D eigenvalue weighted by Gasteiger charge is -2.15. The smallest absolute Gasteiger partial charge is 0.145 e. The molecule has 0 bridgehead atoms. The summed E-state index contributed by atoms with van der Waals surface area (Å²) in [6, 6.07) is 38.9. The zero-order chi connectivity index (χ0) is 25.6. The normalized spacial score (nSPS) is 11.1. The first kappa shape index (κ1) is 21.6. The molecule has 0 fully saturated rings. The highest BCUT2D eigenvalue weighted by atomic mass is 15.0. The average Bonchev–Trinajstić information content (AvgIpc) is 3.56. The predicted octanol–water partition coefficient (Wildman–Crippen LogP) is 7.53. The zero-order valence-electron chi connectivity index (χ0n) is 20.2. The van der Waals surface area contributed by atoms with E-state index >= 15 is 0 Å². The molecule has 0 aliphatic rings. The minimum absolute atomic E-state index is 0.337. The van der Waals surface area contributed by atoms with E-state index in [0.29, 0.717) is 11.1 Å².